The number of rotatable bonds is 6. The Morgan fingerprint density at radius 3 is 2.58 bits per heavy atom. The van der Waals surface area contributed by atoms with Crippen LogP contribution in [-0.2, 0) is 19.1 Å². The number of benzene rings is 1. The number of hydrogen-bond donors (Lipinski definition) is 0. The lowest BCUT2D eigenvalue weighted by Gasteiger charge is -2.41. The number of carbonyl (C=O) groups is 2. The van der Waals surface area contributed by atoms with Crippen LogP contribution in [0.15, 0.2) is 30.3 Å². The number of ether oxygens (including phenoxy) is 2. The van der Waals surface area contributed by atoms with Crippen molar-refractivity contribution in [1.29, 1.82) is 0 Å². The molecule has 0 N–H and O–H groups in total. The number of amides is 1. The highest BCUT2D eigenvalue weighted by molar-refractivity contribution is 7.09. The van der Waals surface area contributed by atoms with Crippen LogP contribution in [0.25, 0.3) is 11.4 Å². The lowest BCUT2D eigenvalue weighted by atomic mass is 9.90. The first-order chi connectivity index (χ1) is 15.6. The molecule has 33 heavy (non-hydrogen) atoms. The molecule has 1 unspecified atom stereocenters. The van der Waals surface area contributed by atoms with Crippen molar-refractivity contribution in [2.24, 2.45) is 11.8 Å². The van der Waals surface area contributed by atoms with Crippen LogP contribution < -0.4 is 4.90 Å². The molecular formula is C24H32N4O4S. The summed E-state index contributed by atoms with van der Waals surface area (Å²) in [5, 5.41) is 0.857. The molecule has 2 aliphatic heterocycles. The van der Waals surface area contributed by atoms with E-state index in [0.29, 0.717) is 26.1 Å². The second-order valence-corrected chi connectivity index (χ2v) is 10.4. The normalized spacial score (nSPS) is 23.6. The molecule has 178 valence electrons. The molecule has 0 radical (unpaired) electrons. The van der Waals surface area contributed by atoms with Gasteiger partial charge in [-0.05, 0) is 19.3 Å². The summed E-state index contributed by atoms with van der Waals surface area (Å²) in [4.78, 5) is 34.9. The van der Waals surface area contributed by atoms with Gasteiger partial charge in [-0.3, -0.25) is 4.79 Å². The largest absolute Gasteiger partial charge is 0.432 e. The van der Waals surface area contributed by atoms with Gasteiger partial charge in [0.1, 0.15) is 0 Å². The molecule has 2 aliphatic rings. The summed E-state index contributed by atoms with van der Waals surface area (Å²) in [7, 11) is 0. The highest BCUT2D eigenvalue weighted by atomic mass is 32.1. The quantitative estimate of drug-likeness (QED) is 0.594. The minimum Gasteiger partial charge on any atom is -0.432 e. The zero-order valence-corrected chi connectivity index (χ0v) is 20.7. The summed E-state index contributed by atoms with van der Waals surface area (Å²) < 4.78 is 15.7. The van der Waals surface area contributed by atoms with Gasteiger partial charge >= 0.3 is 5.97 Å². The maximum absolute atomic E-state index is 13.6. The fourth-order valence-corrected chi connectivity index (χ4v) is 5.23. The van der Waals surface area contributed by atoms with Crippen molar-refractivity contribution in [3.8, 4) is 11.4 Å². The van der Waals surface area contributed by atoms with Crippen LogP contribution in [0, 0.1) is 11.8 Å². The van der Waals surface area contributed by atoms with Crippen LogP contribution in [0.2, 0.25) is 0 Å². The zero-order valence-electron chi connectivity index (χ0n) is 19.9. The molecular weight excluding hydrogens is 440 g/mol. The summed E-state index contributed by atoms with van der Waals surface area (Å²) in [6, 6.07) is 9.88. The SMILES string of the molecule is CC(C)C[C@H](C(=O)N1CCN(c2nc(-c3ccccc3)ns2)C[C@@H]1C)C1OC(C)(C)OC1=O. The van der Waals surface area contributed by atoms with E-state index in [4.69, 9.17) is 14.5 Å². The molecule has 0 saturated carbocycles. The summed E-state index contributed by atoms with van der Waals surface area (Å²) in [5.74, 6) is -1.09. The van der Waals surface area contributed by atoms with Crippen molar-refractivity contribution in [3.05, 3.63) is 30.3 Å². The van der Waals surface area contributed by atoms with E-state index in [1.165, 1.54) is 11.5 Å². The molecule has 4 rings (SSSR count). The average molecular weight is 473 g/mol. The van der Waals surface area contributed by atoms with E-state index < -0.39 is 23.8 Å². The Bertz CT molecular complexity index is 993. The van der Waals surface area contributed by atoms with Gasteiger partial charge in [0, 0.05) is 56.6 Å². The van der Waals surface area contributed by atoms with E-state index in [-0.39, 0.29) is 17.9 Å². The number of piperazine rings is 1. The summed E-state index contributed by atoms with van der Waals surface area (Å²) >= 11 is 1.38. The number of aromatic nitrogens is 2. The fourth-order valence-electron chi connectivity index (χ4n) is 4.51. The average Bonchev–Trinajstić information content (AvgIpc) is 3.36. The Kier molecular flexibility index (Phi) is 6.72. The van der Waals surface area contributed by atoms with Crippen molar-refractivity contribution in [2.45, 2.75) is 59.0 Å². The highest BCUT2D eigenvalue weighted by Crippen LogP contribution is 2.33. The van der Waals surface area contributed by atoms with Crippen molar-refractivity contribution >= 4 is 28.5 Å². The summed E-state index contributed by atoms with van der Waals surface area (Å²) in [6.45, 7) is 11.4. The van der Waals surface area contributed by atoms with Crippen molar-refractivity contribution < 1.29 is 19.1 Å². The maximum atomic E-state index is 13.6. The molecule has 3 heterocycles. The molecule has 2 fully saturated rings. The molecule has 0 aliphatic carbocycles. The minimum atomic E-state index is -1.00. The number of esters is 1. The Hall–Kier alpha value is -2.52. The molecule has 2 aromatic rings. The predicted octanol–water partition coefficient (Wildman–Crippen LogP) is 3.58. The van der Waals surface area contributed by atoms with Crippen molar-refractivity contribution in [2.75, 3.05) is 24.5 Å². The summed E-state index contributed by atoms with van der Waals surface area (Å²) in [5.41, 5.74) is 0.991. The third kappa shape index (κ3) is 5.19. The van der Waals surface area contributed by atoms with E-state index in [1.807, 2.05) is 56.0 Å². The van der Waals surface area contributed by atoms with Gasteiger partial charge in [-0.2, -0.15) is 9.36 Å². The van der Waals surface area contributed by atoms with E-state index in [0.717, 1.165) is 16.5 Å². The minimum absolute atomic E-state index is 0.0320. The van der Waals surface area contributed by atoms with Crippen LogP contribution >= 0.6 is 11.5 Å². The number of anilines is 1. The number of carbonyl (C=O) groups excluding carboxylic acids is 2. The molecule has 0 spiro atoms. The zero-order chi connectivity index (χ0) is 23.8. The van der Waals surface area contributed by atoms with Crippen LogP contribution in [0.5, 0.6) is 0 Å². The van der Waals surface area contributed by atoms with Crippen LogP contribution in [0.4, 0.5) is 5.13 Å². The number of hydrogen-bond acceptors (Lipinski definition) is 8. The first-order valence-corrected chi connectivity index (χ1v) is 12.3. The Balaban J connectivity index is 1.45. The molecule has 0 bridgehead atoms. The maximum Gasteiger partial charge on any atom is 0.338 e. The van der Waals surface area contributed by atoms with Gasteiger partial charge in [0.15, 0.2) is 11.9 Å². The van der Waals surface area contributed by atoms with Gasteiger partial charge in [-0.1, -0.05) is 44.2 Å². The number of cyclic esters (lactones) is 1. The van der Waals surface area contributed by atoms with Crippen molar-refractivity contribution in [3.63, 3.8) is 0 Å². The Morgan fingerprint density at radius 1 is 1.24 bits per heavy atom. The molecule has 2 saturated heterocycles. The third-order valence-corrected chi connectivity index (χ3v) is 6.80. The van der Waals surface area contributed by atoms with Gasteiger partial charge in [-0.25, -0.2) is 4.79 Å². The van der Waals surface area contributed by atoms with Crippen LogP contribution in [-0.4, -0.2) is 63.7 Å². The van der Waals surface area contributed by atoms with Gasteiger partial charge in [0.2, 0.25) is 16.8 Å². The van der Waals surface area contributed by atoms with Crippen molar-refractivity contribution in [1.82, 2.24) is 14.3 Å². The lowest BCUT2D eigenvalue weighted by Crippen LogP contribution is -2.57. The Labute approximate surface area is 199 Å². The lowest BCUT2D eigenvalue weighted by molar-refractivity contribution is -0.163. The molecule has 1 aromatic carbocycles. The van der Waals surface area contributed by atoms with Gasteiger partial charge in [0.05, 0.1) is 5.92 Å². The van der Waals surface area contributed by atoms with Gasteiger partial charge in [-0.15, -0.1) is 0 Å². The smallest absolute Gasteiger partial charge is 0.338 e. The summed E-state index contributed by atoms with van der Waals surface area (Å²) in [6.07, 6.45) is -0.296. The Morgan fingerprint density at radius 2 is 1.97 bits per heavy atom. The van der Waals surface area contributed by atoms with E-state index in [9.17, 15) is 9.59 Å². The molecule has 9 heteroatoms. The molecule has 8 nitrogen and oxygen atoms in total. The van der Waals surface area contributed by atoms with Crippen LogP contribution in [0.1, 0.15) is 41.0 Å². The van der Waals surface area contributed by atoms with Gasteiger partial charge in [0.25, 0.3) is 0 Å². The van der Waals surface area contributed by atoms with E-state index in [2.05, 4.69) is 9.27 Å². The first-order valence-electron chi connectivity index (χ1n) is 11.5. The fraction of sp³-hybridized carbons (Fsp3) is 0.583. The van der Waals surface area contributed by atoms with Gasteiger partial charge < -0.3 is 19.3 Å². The monoisotopic (exact) mass is 472 g/mol. The second kappa shape index (κ2) is 9.38. The van der Waals surface area contributed by atoms with E-state index in [1.54, 1.807) is 13.8 Å². The second-order valence-electron chi connectivity index (χ2n) is 9.69. The molecule has 1 aromatic heterocycles. The third-order valence-electron chi connectivity index (χ3n) is 6.03. The number of nitrogens with zero attached hydrogens (tertiary/aromatic N) is 4. The van der Waals surface area contributed by atoms with Crippen LogP contribution in [0.3, 0.4) is 0 Å². The standard InChI is InChI=1S/C24H32N4O4S/c1-15(2)13-18(19-22(30)32-24(4,5)31-19)21(29)28-12-11-27(14-16(28)3)23-25-20(26-33-23)17-9-7-6-8-10-17/h6-10,15-16,18-19H,11-14H2,1-5H3/t16-,18-,19?/m0/s1. The topological polar surface area (TPSA) is 84.9 Å². The predicted molar refractivity (Wildman–Crippen MR) is 127 cm³/mol. The highest BCUT2D eigenvalue weighted by Gasteiger charge is 2.49. The molecule has 1 amide bonds. The first kappa shape index (κ1) is 23.6. The molecule has 3 atom stereocenters. The van der Waals surface area contributed by atoms with E-state index >= 15 is 0 Å².